The van der Waals surface area contributed by atoms with Crippen LogP contribution in [0, 0.1) is 6.92 Å². The predicted molar refractivity (Wildman–Crippen MR) is 82.1 cm³/mol. The second-order valence-electron chi connectivity index (χ2n) is 5.81. The molecule has 0 bridgehead atoms. The first-order valence-electron chi connectivity index (χ1n) is 7.13. The molecule has 2 heteroatoms. The van der Waals surface area contributed by atoms with E-state index >= 15 is 0 Å². The summed E-state index contributed by atoms with van der Waals surface area (Å²) in [5.41, 5.74) is 11.6. The Morgan fingerprint density at radius 1 is 1.10 bits per heavy atom. The van der Waals surface area contributed by atoms with Crippen molar-refractivity contribution in [1.29, 1.82) is 0 Å². The molecule has 1 atom stereocenters. The molecule has 2 aromatic rings. The number of rotatable bonds is 2. The summed E-state index contributed by atoms with van der Waals surface area (Å²) in [6.45, 7) is 2.10. The van der Waals surface area contributed by atoms with Gasteiger partial charge in [0.05, 0.1) is 7.11 Å². The maximum Gasteiger partial charge on any atom is 0.123 e. The lowest BCUT2D eigenvalue weighted by Crippen LogP contribution is -2.42. The number of nitrogens with two attached hydrogens (primary N) is 1. The van der Waals surface area contributed by atoms with E-state index in [1.165, 1.54) is 16.7 Å². The van der Waals surface area contributed by atoms with Crippen LogP contribution in [0.2, 0.25) is 0 Å². The Kier molecular flexibility index (Phi) is 3.27. The summed E-state index contributed by atoms with van der Waals surface area (Å²) in [4.78, 5) is 0. The Bertz CT molecular complexity index is 635. The van der Waals surface area contributed by atoms with E-state index < -0.39 is 0 Å². The Morgan fingerprint density at radius 2 is 1.85 bits per heavy atom. The minimum absolute atomic E-state index is 0.328. The summed E-state index contributed by atoms with van der Waals surface area (Å²) in [7, 11) is 1.72. The van der Waals surface area contributed by atoms with Crippen molar-refractivity contribution in [3.8, 4) is 5.75 Å². The zero-order valence-corrected chi connectivity index (χ0v) is 12.1. The van der Waals surface area contributed by atoms with Crippen LogP contribution in [-0.4, -0.2) is 7.11 Å². The molecule has 0 aliphatic heterocycles. The summed E-state index contributed by atoms with van der Waals surface area (Å²) in [5.74, 6) is 0.900. The molecule has 0 saturated carbocycles. The quantitative estimate of drug-likeness (QED) is 0.905. The van der Waals surface area contributed by atoms with Crippen molar-refractivity contribution in [2.75, 3.05) is 7.11 Å². The average molecular weight is 267 g/mol. The molecule has 0 amide bonds. The number of fused-ring (bicyclic) bond motifs is 1. The summed E-state index contributed by atoms with van der Waals surface area (Å²) in [6, 6.07) is 14.9. The van der Waals surface area contributed by atoms with E-state index in [1.807, 2.05) is 6.07 Å². The minimum atomic E-state index is -0.328. The van der Waals surface area contributed by atoms with Gasteiger partial charge in [-0.15, -0.1) is 0 Å². The molecule has 0 spiro atoms. The van der Waals surface area contributed by atoms with Gasteiger partial charge in [-0.25, -0.2) is 0 Å². The van der Waals surface area contributed by atoms with Gasteiger partial charge in [-0.05, 0) is 43.4 Å². The van der Waals surface area contributed by atoms with Crippen molar-refractivity contribution in [3.63, 3.8) is 0 Å². The second-order valence-corrected chi connectivity index (χ2v) is 5.81. The van der Waals surface area contributed by atoms with Crippen molar-refractivity contribution < 1.29 is 4.74 Å². The SMILES string of the molecule is COc1ccc(C)cc1C1(N)CCc2ccccc2C1. The smallest absolute Gasteiger partial charge is 0.123 e. The van der Waals surface area contributed by atoms with Crippen molar-refractivity contribution in [2.45, 2.75) is 31.7 Å². The zero-order chi connectivity index (χ0) is 14.2. The highest BCUT2D eigenvalue weighted by molar-refractivity contribution is 5.45. The Balaban J connectivity index is 2.04. The molecular formula is C18H21NO. The van der Waals surface area contributed by atoms with E-state index in [2.05, 4.69) is 43.3 Å². The lowest BCUT2D eigenvalue weighted by Gasteiger charge is -2.36. The van der Waals surface area contributed by atoms with Crippen molar-refractivity contribution >= 4 is 0 Å². The zero-order valence-electron chi connectivity index (χ0n) is 12.1. The van der Waals surface area contributed by atoms with Crippen LogP contribution in [-0.2, 0) is 18.4 Å². The van der Waals surface area contributed by atoms with Crippen LogP contribution < -0.4 is 10.5 Å². The number of hydrogen-bond acceptors (Lipinski definition) is 2. The van der Waals surface area contributed by atoms with Gasteiger partial charge in [0, 0.05) is 11.1 Å². The molecule has 20 heavy (non-hydrogen) atoms. The Morgan fingerprint density at radius 3 is 2.60 bits per heavy atom. The Hall–Kier alpha value is -1.80. The first kappa shape index (κ1) is 13.2. The molecule has 0 heterocycles. The Labute approximate surface area is 120 Å². The van der Waals surface area contributed by atoms with Crippen LogP contribution >= 0.6 is 0 Å². The first-order chi connectivity index (χ1) is 9.62. The highest BCUT2D eigenvalue weighted by atomic mass is 16.5. The number of aryl methyl sites for hydroxylation is 2. The number of hydrogen-bond donors (Lipinski definition) is 1. The molecule has 0 aromatic heterocycles. The van der Waals surface area contributed by atoms with E-state index in [4.69, 9.17) is 10.5 Å². The highest BCUT2D eigenvalue weighted by Gasteiger charge is 2.34. The normalized spacial score (nSPS) is 21.4. The van der Waals surface area contributed by atoms with Gasteiger partial charge in [0.25, 0.3) is 0 Å². The molecule has 2 nitrogen and oxygen atoms in total. The van der Waals surface area contributed by atoms with Gasteiger partial charge in [-0.2, -0.15) is 0 Å². The van der Waals surface area contributed by atoms with Crippen molar-refractivity contribution in [2.24, 2.45) is 5.73 Å². The third-order valence-corrected chi connectivity index (χ3v) is 4.36. The fourth-order valence-corrected chi connectivity index (χ4v) is 3.20. The average Bonchev–Trinajstić information content (AvgIpc) is 2.47. The van der Waals surface area contributed by atoms with Crippen LogP contribution in [0.4, 0.5) is 0 Å². The second kappa shape index (κ2) is 4.95. The van der Waals surface area contributed by atoms with Gasteiger partial charge < -0.3 is 10.5 Å². The van der Waals surface area contributed by atoms with Gasteiger partial charge in [0.2, 0.25) is 0 Å². The summed E-state index contributed by atoms with van der Waals surface area (Å²) in [5, 5.41) is 0. The number of methoxy groups -OCH3 is 1. The minimum Gasteiger partial charge on any atom is -0.496 e. The van der Waals surface area contributed by atoms with Gasteiger partial charge in [-0.3, -0.25) is 0 Å². The number of ether oxygens (including phenoxy) is 1. The fraction of sp³-hybridized carbons (Fsp3) is 0.333. The summed E-state index contributed by atoms with van der Waals surface area (Å²) in [6.07, 6.45) is 2.87. The molecule has 2 N–H and O–H groups in total. The van der Waals surface area contributed by atoms with Gasteiger partial charge >= 0.3 is 0 Å². The van der Waals surface area contributed by atoms with Crippen LogP contribution in [0.15, 0.2) is 42.5 Å². The monoisotopic (exact) mass is 267 g/mol. The highest BCUT2D eigenvalue weighted by Crippen LogP contribution is 2.38. The van der Waals surface area contributed by atoms with Crippen LogP contribution in [0.5, 0.6) is 5.75 Å². The maximum absolute atomic E-state index is 6.76. The molecule has 1 aliphatic rings. The lowest BCUT2D eigenvalue weighted by atomic mass is 9.74. The third-order valence-electron chi connectivity index (χ3n) is 4.36. The van der Waals surface area contributed by atoms with E-state index in [0.717, 1.165) is 30.6 Å². The van der Waals surface area contributed by atoms with Crippen molar-refractivity contribution in [3.05, 3.63) is 64.7 Å². The molecule has 1 aliphatic carbocycles. The standard InChI is InChI=1S/C18H21NO/c1-13-7-8-17(20-2)16(11-13)18(19)10-9-14-5-3-4-6-15(14)12-18/h3-8,11H,9-10,12,19H2,1-2H3. The fourth-order valence-electron chi connectivity index (χ4n) is 3.20. The van der Waals surface area contributed by atoms with Crippen LogP contribution in [0.3, 0.4) is 0 Å². The lowest BCUT2D eigenvalue weighted by molar-refractivity contribution is 0.349. The third kappa shape index (κ3) is 2.20. The van der Waals surface area contributed by atoms with Crippen LogP contribution in [0.1, 0.15) is 28.7 Å². The van der Waals surface area contributed by atoms with Crippen LogP contribution in [0.25, 0.3) is 0 Å². The molecule has 2 aromatic carbocycles. The maximum atomic E-state index is 6.76. The topological polar surface area (TPSA) is 35.2 Å². The van der Waals surface area contributed by atoms with E-state index in [1.54, 1.807) is 7.11 Å². The van der Waals surface area contributed by atoms with E-state index in [0.29, 0.717) is 0 Å². The first-order valence-corrected chi connectivity index (χ1v) is 7.13. The van der Waals surface area contributed by atoms with Gasteiger partial charge in [-0.1, -0.05) is 42.0 Å². The van der Waals surface area contributed by atoms with Crippen molar-refractivity contribution in [1.82, 2.24) is 0 Å². The molecule has 1 unspecified atom stereocenters. The molecule has 104 valence electrons. The van der Waals surface area contributed by atoms with Gasteiger partial charge in [0.15, 0.2) is 0 Å². The van der Waals surface area contributed by atoms with Gasteiger partial charge in [0.1, 0.15) is 5.75 Å². The largest absolute Gasteiger partial charge is 0.496 e. The summed E-state index contributed by atoms with van der Waals surface area (Å²) >= 11 is 0. The van der Waals surface area contributed by atoms with E-state index in [9.17, 15) is 0 Å². The molecule has 0 saturated heterocycles. The number of benzene rings is 2. The predicted octanol–water partition coefficient (Wildman–Crippen LogP) is 3.35. The molecule has 3 rings (SSSR count). The molecule has 0 fully saturated rings. The molecular weight excluding hydrogens is 246 g/mol. The summed E-state index contributed by atoms with van der Waals surface area (Å²) < 4.78 is 5.53. The molecule has 0 radical (unpaired) electrons. The van der Waals surface area contributed by atoms with E-state index in [-0.39, 0.29) is 5.54 Å².